The van der Waals surface area contributed by atoms with E-state index in [1.54, 1.807) is 28.9 Å². The van der Waals surface area contributed by atoms with Crippen LogP contribution in [-0.2, 0) is 11.8 Å². The number of rotatable bonds is 5. The molecule has 0 aliphatic carbocycles. The Morgan fingerprint density at radius 3 is 2.76 bits per heavy atom. The minimum absolute atomic E-state index is 0. The van der Waals surface area contributed by atoms with E-state index in [1.165, 1.54) is 11.3 Å². The summed E-state index contributed by atoms with van der Waals surface area (Å²) in [5, 5.41) is 5.50. The average molecular weight is 456 g/mol. The molecule has 0 unspecified atom stereocenters. The van der Waals surface area contributed by atoms with Crippen LogP contribution in [0.3, 0.4) is 0 Å². The lowest BCUT2D eigenvalue weighted by Gasteiger charge is -2.29. The third kappa shape index (κ3) is 4.57. The van der Waals surface area contributed by atoms with E-state index in [-0.39, 0.29) is 18.3 Å². The van der Waals surface area contributed by atoms with Crippen LogP contribution in [0.4, 0.5) is 5.13 Å². The van der Waals surface area contributed by atoms with Crippen molar-refractivity contribution in [2.24, 2.45) is 7.05 Å². The standard InChI is InChI=1S/C19H22ClN5O2S.ClH/c1-13-14(20)3-4-16-17(13)22-19(28-16)25(8-7-24-9-11-27-12-10-24)18(26)15-5-6-21-23(15)2;/h3-6H,7-12H2,1-2H3;1H. The smallest absolute Gasteiger partial charge is 0.278 e. The van der Waals surface area contributed by atoms with Crippen molar-refractivity contribution in [3.05, 3.63) is 40.7 Å². The Morgan fingerprint density at radius 1 is 1.31 bits per heavy atom. The van der Waals surface area contributed by atoms with Crippen molar-refractivity contribution in [3.8, 4) is 0 Å². The van der Waals surface area contributed by atoms with Gasteiger partial charge in [0.05, 0.1) is 23.4 Å². The van der Waals surface area contributed by atoms with Gasteiger partial charge in [-0.25, -0.2) is 4.98 Å². The summed E-state index contributed by atoms with van der Waals surface area (Å²) in [4.78, 5) is 22.1. The zero-order valence-corrected chi connectivity index (χ0v) is 18.7. The number of fused-ring (bicyclic) bond motifs is 1. The quantitative estimate of drug-likeness (QED) is 0.589. The number of nitrogens with zero attached hydrogens (tertiary/aromatic N) is 5. The summed E-state index contributed by atoms with van der Waals surface area (Å²) in [6.45, 7) is 6.49. The number of amides is 1. The van der Waals surface area contributed by atoms with Crippen LogP contribution >= 0.6 is 35.3 Å². The number of hydrogen-bond acceptors (Lipinski definition) is 6. The van der Waals surface area contributed by atoms with Crippen molar-refractivity contribution < 1.29 is 9.53 Å². The number of anilines is 1. The van der Waals surface area contributed by atoms with Crippen LogP contribution < -0.4 is 4.90 Å². The molecule has 1 aliphatic heterocycles. The summed E-state index contributed by atoms with van der Waals surface area (Å²) in [7, 11) is 1.77. The van der Waals surface area contributed by atoms with Crippen molar-refractivity contribution in [2.75, 3.05) is 44.3 Å². The Hall–Kier alpha value is -1.71. The van der Waals surface area contributed by atoms with Crippen LogP contribution in [0.5, 0.6) is 0 Å². The molecule has 10 heteroatoms. The van der Waals surface area contributed by atoms with Crippen LogP contribution in [0.25, 0.3) is 10.2 Å². The first-order valence-corrected chi connectivity index (χ1v) is 10.4. The molecule has 0 saturated carbocycles. The molecule has 1 amide bonds. The van der Waals surface area contributed by atoms with Crippen molar-refractivity contribution in [2.45, 2.75) is 6.92 Å². The molecular weight excluding hydrogens is 433 g/mol. The van der Waals surface area contributed by atoms with Gasteiger partial charge in [-0.1, -0.05) is 22.9 Å². The van der Waals surface area contributed by atoms with Crippen LogP contribution in [0.2, 0.25) is 5.02 Å². The fraction of sp³-hybridized carbons (Fsp3) is 0.421. The molecule has 156 valence electrons. The minimum atomic E-state index is -0.101. The molecule has 4 rings (SSSR count). The van der Waals surface area contributed by atoms with Gasteiger partial charge < -0.3 is 4.74 Å². The van der Waals surface area contributed by atoms with Gasteiger partial charge in [-0.05, 0) is 30.7 Å². The number of aryl methyl sites for hydroxylation is 2. The second-order valence-corrected chi connectivity index (χ2v) is 8.18. The highest BCUT2D eigenvalue weighted by molar-refractivity contribution is 7.22. The summed E-state index contributed by atoms with van der Waals surface area (Å²) in [6.07, 6.45) is 1.63. The number of carbonyl (C=O) groups excluding carboxylic acids is 1. The molecule has 0 spiro atoms. The van der Waals surface area contributed by atoms with Gasteiger partial charge in [-0.3, -0.25) is 19.3 Å². The summed E-state index contributed by atoms with van der Waals surface area (Å²) < 4.78 is 8.04. The molecule has 3 heterocycles. The molecule has 2 aromatic heterocycles. The van der Waals surface area contributed by atoms with Crippen molar-refractivity contribution in [3.63, 3.8) is 0 Å². The predicted octanol–water partition coefficient (Wildman–Crippen LogP) is 3.39. The predicted molar refractivity (Wildman–Crippen MR) is 119 cm³/mol. The normalized spacial score (nSPS) is 14.7. The third-order valence-electron chi connectivity index (χ3n) is 5.00. The lowest BCUT2D eigenvalue weighted by molar-refractivity contribution is 0.0391. The first-order valence-electron chi connectivity index (χ1n) is 9.20. The van der Waals surface area contributed by atoms with Gasteiger partial charge in [0.2, 0.25) is 0 Å². The fourth-order valence-corrected chi connectivity index (χ4v) is 4.48. The number of aromatic nitrogens is 3. The van der Waals surface area contributed by atoms with E-state index in [0.29, 0.717) is 22.4 Å². The highest BCUT2D eigenvalue weighted by Gasteiger charge is 2.25. The van der Waals surface area contributed by atoms with Crippen molar-refractivity contribution in [1.82, 2.24) is 19.7 Å². The average Bonchev–Trinajstić information content (AvgIpc) is 3.32. The van der Waals surface area contributed by atoms with E-state index < -0.39 is 0 Å². The Bertz CT molecular complexity index is 1000. The number of halogens is 2. The van der Waals surface area contributed by atoms with Crippen molar-refractivity contribution >= 4 is 56.6 Å². The number of benzene rings is 1. The monoisotopic (exact) mass is 455 g/mol. The summed E-state index contributed by atoms with van der Waals surface area (Å²) in [5.74, 6) is -0.101. The highest BCUT2D eigenvalue weighted by Crippen LogP contribution is 2.34. The number of ether oxygens (including phenoxy) is 1. The maximum atomic E-state index is 13.3. The number of thiazole rings is 1. The number of morpholine rings is 1. The number of hydrogen-bond donors (Lipinski definition) is 0. The molecule has 0 atom stereocenters. The lowest BCUT2D eigenvalue weighted by atomic mass is 10.2. The molecule has 1 fully saturated rings. The van der Waals surface area contributed by atoms with Gasteiger partial charge in [-0.15, -0.1) is 12.4 Å². The largest absolute Gasteiger partial charge is 0.379 e. The summed E-state index contributed by atoms with van der Waals surface area (Å²) >= 11 is 7.77. The van der Waals surface area contributed by atoms with Gasteiger partial charge in [-0.2, -0.15) is 5.10 Å². The van der Waals surface area contributed by atoms with E-state index in [2.05, 4.69) is 10.00 Å². The Balaban J connectivity index is 0.00000240. The van der Waals surface area contributed by atoms with Crippen LogP contribution in [0.15, 0.2) is 24.4 Å². The molecule has 0 bridgehead atoms. The Morgan fingerprint density at radius 2 is 2.07 bits per heavy atom. The Kier molecular flexibility index (Phi) is 7.13. The maximum Gasteiger partial charge on any atom is 0.278 e. The van der Waals surface area contributed by atoms with E-state index in [9.17, 15) is 4.79 Å². The highest BCUT2D eigenvalue weighted by atomic mass is 35.5. The third-order valence-corrected chi connectivity index (χ3v) is 6.45. The van der Waals surface area contributed by atoms with E-state index in [4.69, 9.17) is 21.3 Å². The van der Waals surface area contributed by atoms with Gasteiger partial charge >= 0.3 is 0 Å². The molecule has 29 heavy (non-hydrogen) atoms. The van der Waals surface area contributed by atoms with E-state index in [1.807, 2.05) is 19.1 Å². The van der Waals surface area contributed by atoms with Crippen LogP contribution in [0, 0.1) is 6.92 Å². The van der Waals surface area contributed by atoms with E-state index in [0.717, 1.165) is 48.6 Å². The summed E-state index contributed by atoms with van der Waals surface area (Å²) in [6, 6.07) is 5.57. The van der Waals surface area contributed by atoms with Crippen LogP contribution in [0.1, 0.15) is 16.1 Å². The molecule has 0 N–H and O–H groups in total. The van der Waals surface area contributed by atoms with Gasteiger partial charge in [0.15, 0.2) is 5.13 Å². The molecule has 1 saturated heterocycles. The zero-order valence-electron chi connectivity index (χ0n) is 16.3. The molecular formula is C19H23Cl2N5O2S. The van der Waals surface area contributed by atoms with Gasteiger partial charge in [0, 0.05) is 44.4 Å². The maximum absolute atomic E-state index is 13.3. The number of carbonyl (C=O) groups is 1. The zero-order chi connectivity index (χ0) is 19.7. The molecule has 1 aliphatic rings. The first-order chi connectivity index (χ1) is 13.5. The molecule has 0 radical (unpaired) electrons. The minimum Gasteiger partial charge on any atom is -0.379 e. The second kappa shape index (κ2) is 9.40. The fourth-order valence-electron chi connectivity index (χ4n) is 3.28. The molecule has 7 nitrogen and oxygen atoms in total. The van der Waals surface area contributed by atoms with Gasteiger partial charge in [0.25, 0.3) is 5.91 Å². The molecule has 1 aromatic carbocycles. The van der Waals surface area contributed by atoms with Crippen LogP contribution in [-0.4, -0.2) is 65.0 Å². The first kappa shape index (κ1) is 22.0. The van der Waals surface area contributed by atoms with E-state index >= 15 is 0 Å². The topological polar surface area (TPSA) is 63.5 Å². The van der Waals surface area contributed by atoms with Gasteiger partial charge in [0.1, 0.15) is 5.69 Å². The van der Waals surface area contributed by atoms with Crippen molar-refractivity contribution in [1.29, 1.82) is 0 Å². The lowest BCUT2D eigenvalue weighted by Crippen LogP contribution is -2.43. The SMILES string of the molecule is Cc1c(Cl)ccc2sc(N(CCN3CCOCC3)C(=O)c3ccnn3C)nc12.Cl. The Labute approximate surface area is 184 Å². The molecule has 3 aromatic rings. The summed E-state index contributed by atoms with van der Waals surface area (Å²) in [5.41, 5.74) is 2.32. The second-order valence-electron chi connectivity index (χ2n) is 6.77.